The second-order valence-electron chi connectivity index (χ2n) is 6.28. The molecule has 1 aliphatic rings. The highest BCUT2D eigenvalue weighted by atomic mass is 32.2. The van der Waals surface area contributed by atoms with E-state index < -0.39 is 32.9 Å². The van der Waals surface area contributed by atoms with Gasteiger partial charge in [-0.3, -0.25) is 9.59 Å². The molecule has 1 aromatic rings. The lowest BCUT2D eigenvalue weighted by molar-refractivity contribution is -0.153. The average Bonchev–Trinajstić information content (AvgIpc) is 2.49. The van der Waals surface area contributed by atoms with E-state index in [1.54, 1.807) is 0 Å². The van der Waals surface area contributed by atoms with Crippen molar-refractivity contribution in [3.05, 3.63) is 24.0 Å². The van der Waals surface area contributed by atoms with Crippen LogP contribution in [0.4, 0.5) is 10.1 Å². The summed E-state index contributed by atoms with van der Waals surface area (Å²) >= 11 is 0. The van der Waals surface area contributed by atoms with Gasteiger partial charge >= 0.3 is 5.97 Å². The monoisotopic (exact) mass is 357 g/mol. The number of nitrogens with one attached hydrogen (secondary N) is 1. The van der Waals surface area contributed by atoms with Crippen LogP contribution in [0, 0.1) is 11.2 Å². The number of anilines is 1. The van der Waals surface area contributed by atoms with Gasteiger partial charge in [0.2, 0.25) is 5.91 Å². The zero-order valence-corrected chi connectivity index (χ0v) is 14.2. The second-order valence-corrected chi connectivity index (χ2v) is 8.30. The Hall–Kier alpha value is -1.96. The third-order valence-corrected chi connectivity index (χ3v) is 5.51. The van der Waals surface area contributed by atoms with E-state index in [4.69, 9.17) is 0 Å². The van der Waals surface area contributed by atoms with E-state index in [1.165, 1.54) is 0 Å². The Kier molecular flexibility index (Phi) is 5.27. The molecule has 0 heterocycles. The van der Waals surface area contributed by atoms with Crippen molar-refractivity contribution in [2.75, 3.05) is 11.6 Å². The molecule has 0 aliphatic heterocycles. The van der Waals surface area contributed by atoms with Crippen molar-refractivity contribution in [2.24, 2.45) is 5.41 Å². The van der Waals surface area contributed by atoms with E-state index >= 15 is 0 Å². The number of hydrogen-bond acceptors (Lipinski definition) is 4. The minimum Gasteiger partial charge on any atom is -0.481 e. The fourth-order valence-corrected chi connectivity index (χ4v) is 3.67. The molecule has 1 aliphatic carbocycles. The Morgan fingerprint density at radius 3 is 2.42 bits per heavy atom. The Bertz CT molecular complexity index is 754. The number of halogens is 1. The molecule has 1 amide bonds. The number of carboxylic acid groups (broad SMARTS) is 1. The van der Waals surface area contributed by atoms with Gasteiger partial charge in [0.05, 0.1) is 16.0 Å². The van der Waals surface area contributed by atoms with Crippen molar-refractivity contribution >= 4 is 27.4 Å². The van der Waals surface area contributed by atoms with Crippen LogP contribution < -0.4 is 5.32 Å². The molecule has 8 heteroatoms. The van der Waals surface area contributed by atoms with Crippen molar-refractivity contribution in [3.8, 4) is 0 Å². The molecule has 6 nitrogen and oxygen atoms in total. The van der Waals surface area contributed by atoms with E-state index in [0.29, 0.717) is 12.8 Å². The molecule has 1 fully saturated rings. The topological polar surface area (TPSA) is 101 Å². The van der Waals surface area contributed by atoms with Gasteiger partial charge in [0.25, 0.3) is 0 Å². The Balaban J connectivity index is 2.19. The molecular weight excluding hydrogens is 337 g/mol. The summed E-state index contributed by atoms with van der Waals surface area (Å²) in [5.74, 6) is -2.43. The Morgan fingerprint density at radius 2 is 1.88 bits per heavy atom. The lowest BCUT2D eigenvalue weighted by atomic mass is 9.71. The van der Waals surface area contributed by atoms with Crippen molar-refractivity contribution < 1.29 is 27.5 Å². The van der Waals surface area contributed by atoms with Gasteiger partial charge in [0.1, 0.15) is 5.82 Å². The lowest BCUT2D eigenvalue weighted by Gasteiger charge is -2.32. The molecule has 0 radical (unpaired) electrons. The smallest absolute Gasteiger partial charge is 0.310 e. The highest BCUT2D eigenvalue weighted by Crippen LogP contribution is 2.40. The first-order valence-corrected chi connectivity index (χ1v) is 9.56. The third-order valence-electron chi connectivity index (χ3n) is 4.40. The van der Waals surface area contributed by atoms with Crippen LogP contribution >= 0.6 is 0 Å². The lowest BCUT2D eigenvalue weighted by Crippen LogP contribution is -2.37. The number of rotatable bonds is 5. The molecule has 0 unspecified atom stereocenters. The van der Waals surface area contributed by atoms with Crippen molar-refractivity contribution in [1.29, 1.82) is 0 Å². The van der Waals surface area contributed by atoms with Crippen molar-refractivity contribution in [2.45, 2.75) is 43.4 Å². The molecule has 0 spiro atoms. The molecule has 0 atom stereocenters. The maximum atomic E-state index is 13.8. The summed E-state index contributed by atoms with van der Waals surface area (Å²) in [7, 11) is -3.54. The first kappa shape index (κ1) is 18.4. The summed E-state index contributed by atoms with van der Waals surface area (Å²) in [5, 5.41) is 11.8. The van der Waals surface area contributed by atoms with Gasteiger partial charge in [-0.1, -0.05) is 19.3 Å². The number of benzene rings is 1. The van der Waals surface area contributed by atoms with Crippen LogP contribution in [0.1, 0.15) is 38.5 Å². The first-order chi connectivity index (χ1) is 11.1. The molecule has 0 aromatic heterocycles. The summed E-state index contributed by atoms with van der Waals surface area (Å²) in [6.45, 7) is 0. The number of carbonyl (C=O) groups is 2. The molecule has 1 aromatic carbocycles. The summed E-state index contributed by atoms with van der Waals surface area (Å²) in [5.41, 5.74) is -1.40. The standard InChI is InChI=1S/C16H20FNO5S/c1-24(22,23)11-5-6-12(17)13(9-11)18-14(19)10-16(15(20)21)7-3-2-4-8-16/h5-6,9H,2-4,7-8,10H2,1H3,(H,18,19)(H,20,21). The number of amides is 1. The number of carboxylic acids is 1. The van der Waals surface area contributed by atoms with Gasteiger partial charge < -0.3 is 10.4 Å². The maximum Gasteiger partial charge on any atom is 0.310 e. The second kappa shape index (κ2) is 6.88. The molecule has 132 valence electrons. The third kappa shape index (κ3) is 4.11. The van der Waals surface area contributed by atoms with Gasteiger partial charge in [0, 0.05) is 12.7 Å². The first-order valence-electron chi connectivity index (χ1n) is 7.67. The zero-order chi connectivity index (χ0) is 18.0. The minimum absolute atomic E-state index is 0.121. The Morgan fingerprint density at radius 1 is 1.25 bits per heavy atom. The van der Waals surface area contributed by atoms with Crippen LogP contribution in [0.15, 0.2) is 23.1 Å². The van der Waals surface area contributed by atoms with E-state index in [2.05, 4.69) is 5.32 Å². The molecular formula is C16H20FNO5S. The van der Waals surface area contributed by atoms with Gasteiger partial charge in [-0.25, -0.2) is 12.8 Å². The summed E-state index contributed by atoms with van der Waals surface area (Å²) in [6.07, 6.45) is 3.93. The predicted molar refractivity (Wildman–Crippen MR) is 85.9 cm³/mol. The van der Waals surface area contributed by atoms with Crippen molar-refractivity contribution in [1.82, 2.24) is 0 Å². The minimum atomic E-state index is -3.54. The summed E-state index contributed by atoms with van der Waals surface area (Å²) in [6, 6.07) is 3.11. The normalized spacial score (nSPS) is 17.2. The van der Waals surface area contributed by atoms with Gasteiger partial charge in [-0.05, 0) is 31.0 Å². The van der Waals surface area contributed by atoms with Gasteiger partial charge in [-0.2, -0.15) is 0 Å². The fraction of sp³-hybridized carbons (Fsp3) is 0.500. The number of sulfone groups is 1. The number of hydrogen-bond donors (Lipinski definition) is 2. The van der Waals surface area contributed by atoms with Gasteiger partial charge in [0.15, 0.2) is 9.84 Å². The SMILES string of the molecule is CS(=O)(=O)c1ccc(F)c(NC(=O)CC2(C(=O)O)CCCCC2)c1. The van der Waals surface area contributed by atoms with E-state index in [1.807, 2.05) is 0 Å². The predicted octanol–water partition coefficient (Wildman–Crippen LogP) is 2.59. The largest absolute Gasteiger partial charge is 0.481 e. The molecule has 0 bridgehead atoms. The van der Waals surface area contributed by atoms with E-state index in [0.717, 1.165) is 43.7 Å². The molecule has 0 saturated heterocycles. The van der Waals surface area contributed by atoms with E-state index in [9.17, 15) is 27.5 Å². The van der Waals surface area contributed by atoms with Crippen LogP contribution in [-0.4, -0.2) is 31.7 Å². The zero-order valence-electron chi connectivity index (χ0n) is 13.3. The average molecular weight is 357 g/mol. The highest BCUT2D eigenvalue weighted by Gasteiger charge is 2.41. The maximum absolute atomic E-state index is 13.8. The summed E-state index contributed by atoms with van der Waals surface area (Å²) in [4.78, 5) is 23.7. The van der Waals surface area contributed by atoms with E-state index in [-0.39, 0.29) is 17.0 Å². The quantitative estimate of drug-likeness (QED) is 0.789. The van der Waals surface area contributed by atoms with Crippen molar-refractivity contribution in [3.63, 3.8) is 0 Å². The van der Waals surface area contributed by atoms with Crippen LogP contribution in [0.5, 0.6) is 0 Å². The van der Waals surface area contributed by atoms with Crippen LogP contribution in [0.3, 0.4) is 0 Å². The Labute approximate surface area is 140 Å². The number of aliphatic carboxylic acids is 1. The molecule has 2 N–H and O–H groups in total. The summed E-state index contributed by atoms with van der Waals surface area (Å²) < 4.78 is 36.9. The number of carbonyl (C=O) groups excluding carboxylic acids is 1. The fourth-order valence-electron chi connectivity index (χ4n) is 3.03. The van der Waals surface area contributed by atoms with Gasteiger partial charge in [-0.15, -0.1) is 0 Å². The highest BCUT2D eigenvalue weighted by molar-refractivity contribution is 7.90. The molecule has 24 heavy (non-hydrogen) atoms. The molecule has 2 rings (SSSR count). The molecule has 1 saturated carbocycles. The van der Waals surface area contributed by atoms with Crippen LogP contribution in [0.25, 0.3) is 0 Å². The van der Waals surface area contributed by atoms with Crippen LogP contribution in [0.2, 0.25) is 0 Å². The van der Waals surface area contributed by atoms with Crippen LogP contribution in [-0.2, 0) is 19.4 Å².